The SMILES string of the molecule is COCCNC(=O)c1coc(C(N)C(C)O)n1. The van der Waals surface area contributed by atoms with Gasteiger partial charge in [0.25, 0.3) is 5.91 Å². The molecular weight excluding hydrogens is 226 g/mol. The largest absolute Gasteiger partial charge is 0.446 e. The lowest BCUT2D eigenvalue weighted by atomic mass is 10.2. The molecule has 0 aliphatic rings. The van der Waals surface area contributed by atoms with E-state index in [1.165, 1.54) is 13.2 Å². The van der Waals surface area contributed by atoms with Gasteiger partial charge in [-0.25, -0.2) is 4.98 Å². The van der Waals surface area contributed by atoms with Crippen molar-refractivity contribution in [1.82, 2.24) is 10.3 Å². The number of methoxy groups -OCH3 is 1. The first kappa shape index (κ1) is 13.6. The van der Waals surface area contributed by atoms with Gasteiger partial charge in [-0.2, -0.15) is 0 Å². The number of aliphatic hydroxyl groups is 1. The van der Waals surface area contributed by atoms with Crippen molar-refractivity contribution < 1.29 is 19.1 Å². The van der Waals surface area contributed by atoms with E-state index in [9.17, 15) is 9.90 Å². The second kappa shape index (κ2) is 6.33. The third-order valence-corrected chi connectivity index (χ3v) is 2.15. The fourth-order valence-electron chi connectivity index (χ4n) is 1.11. The van der Waals surface area contributed by atoms with Crippen LogP contribution in [0.25, 0.3) is 0 Å². The minimum absolute atomic E-state index is 0.132. The quantitative estimate of drug-likeness (QED) is 0.577. The van der Waals surface area contributed by atoms with Crippen LogP contribution in [-0.2, 0) is 4.74 Å². The van der Waals surface area contributed by atoms with Crippen LogP contribution in [-0.4, -0.2) is 42.4 Å². The zero-order chi connectivity index (χ0) is 12.8. The van der Waals surface area contributed by atoms with Crippen LogP contribution in [0.2, 0.25) is 0 Å². The number of aliphatic hydroxyl groups excluding tert-OH is 1. The maximum atomic E-state index is 11.5. The summed E-state index contributed by atoms with van der Waals surface area (Å²) in [4.78, 5) is 15.4. The van der Waals surface area contributed by atoms with Crippen molar-refractivity contribution in [1.29, 1.82) is 0 Å². The summed E-state index contributed by atoms with van der Waals surface area (Å²) in [6, 6.07) is -0.740. The Bertz CT molecular complexity index is 364. The summed E-state index contributed by atoms with van der Waals surface area (Å²) < 4.78 is 9.82. The molecule has 1 rings (SSSR count). The molecule has 2 unspecified atom stereocenters. The van der Waals surface area contributed by atoms with Gasteiger partial charge < -0.3 is 25.3 Å². The van der Waals surface area contributed by atoms with Crippen LogP contribution in [0, 0.1) is 0 Å². The maximum Gasteiger partial charge on any atom is 0.273 e. The number of amides is 1. The highest BCUT2D eigenvalue weighted by molar-refractivity contribution is 5.91. The molecule has 1 heterocycles. The van der Waals surface area contributed by atoms with Crippen LogP contribution in [0.1, 0.15) is 29.3 Å². The standard InChI is InChI=1S/C10H17N3O4/c1-6(14)8(11)10-13-7(5-17-10)9(15)12-3-4-16-2/h5-6,8,14H,3-4,11H2,1-2H3,(H,12,15). The van der Waals surface area contributed by atoms with Crippen LogP contribution in [0.4, 0.5) is 0 Å². The van der Waals surface area contributed by atoms with Gasteiger partial charge in [0, 0.05) is 13.7 Å². The molecule has 0 aliphatic heterocycles. The second-order valence-corrected chi connectivity index (χ2v) is 3.59. The Balaban J connectivity index is 2.58. The number of hydrogen-bond donors (Lipinski definition) is 3. The first-order chi connectivity index (χ1) is 8.06. The number of hydrogen-bond acceptors (Lipinski definition) is 6. The molecule has 2 atom stereocenters. The van der Waals surface area contributed by atoms with Crippen molar-refractivity contribution in [3.8, 4) is 0 Å². The highest BCUT2D eigenvalue weighted by atomic mass is 16.5. The van der Waals surface area contributed by atoms with Crippen molar-refractivity contribution in [3.63, 3.8) is 0 Å². The molecule has 0 fully saturated rings. The van der Waals surface area contributed by atoms with Crippen LogP contribution in [0.3, 0.4) is 0 Å². The minimum atomic E-state index is -0.793. The summed E-state index contributed by atoms with van der Waals surface area (Å²) in [6.45, 7) is 2.33. The van der Waals surface area contributed by atoms with Gasteiger partial charge in [0.15, 0.2) is 5.69 Å². The van der Waals surface area contributed by atoms with Crippen LogP contribution in [0.15, 0.2) is 10.7 Å². The van der Waals surface area contributed by atoms with E-state index in [0.717, 1.165) is 0 Å². The third-order valence-electron chi connectivity index (χ3n) is 2.15. The van der Waals surface area contributed by atoms with Gasteiger partial charge in [-0.15, -0.1) is 0 Å². The number of carbonyl (C=O) groups is 1. The first-order valence-electron chi connectivity index (χ1n) is 5.22. The molecule has 0 spiro atoms. The number of carbonyl (C=O) groups excluding carboxylic acids is 1. The normalized spacial score (nSPS) is 14.4. The molecule has 7 nitrogen and oxygen atoms in total. The molecular formula is C10H17N3O4. The average Bonchev–Trinajstić information content (AvgIpc) is 2.77. The Morgan fingerprint density at radius 2 is 2.47 bits per heavy atom. The molecule has 7 heteroatoms. The Morgan fingerprint density at radius 1 is 1.76 bits per heavy atom. The predicted octanol–water partition coefficient (Wildman–Crippen LogP) is -0.569. The number of aromatic nitrogens is 1. The predicted molar refractivity (Wildman–Crippen MR) is 59.3 cm³/mol. The molecule has 1 amide bonds. The number of nitrogens with two attached hydrogens (primary N) is 1. The molecule has 0 aromatic carbocycles. The topological polar surface area (TPSA) is 111 Å². The van der Waals surface area contributed by atoms with Crippen LogP contribution < -0.4 is 11.1 Å². The maximum absolute atomic E-state index is 11.5. The zero-order valence-corrected chi connectivity index (χ0v) is 9.84. The summed E-state index contributed by atoms with van der Waals surface area (Å²) in [5.41, 5.74) is 5.75. The Hall–Kier alpha value is -1.44. The van der Waals surface area contributed by atoms with Gasteiger partial charge in [-0.05, 0) is 6.92 Å². The summed E-state index contributed by atoms with van der Waals surface area (Å²) in [7, 11) is 1.54. The fraction of sp³-hybridized carbons (Fsp3) is 0.600. The molecule has 0 aliphatic carbocycles. The Morgan fingerprint density at radius 3 is 3.06 bits per heavy atom. The fourth-order valence-corrected chi connectivity index (χ4v) is 1.11. The van der Waals surface area contributed by atoms with E-state index in [1.54, 1.807) is 7.11 Å². The molecule has 96 valence electrons. The van der Waals surface area contributed by atoms with E-state index in [1.807, 2.05) is 0 Å². The van der Waals surface area contributed by atoms with Gasteiger partial charge in [-0.1, -0.05) is 0 Å². The van der Waals surface area contributed by atoms with E-state index in [2.05, 4.69) is 10.3 Å². The number of nitrogens with zero attached hydrogens (tertiary/aromatic N) is 1. The van der Waals surface area contributed by atoms with E-state index in [4.69, 9.17) is 14.9 Å². The third kappa shape index (κ3) is 3.81. The first-order valence-corrected chi connectivity index (χ1v) is 5.22. The molecule has 17 heavy (non-hydrogen) atoms. The summed E-state index contributed by atoms with van der Waals surface area (Å²) >= 11 is 0. The van der Waals surface area contributed by atoms with Gasteiger partial charge in [0.1, 0.15) is 12.3 Å². The molecule has 1 aromatic heterocycles. The summed E-state index contributed by atoms with van der Waals surface area (Å²) in [5.74, 6) is -0.230. The van der Waals surface area contributed by atoms with E-state index in [0.29, 0.717) is 13.2 Å². The van der Waals surface area contributed by atoms with Crippen molar-refractivity contribution in [2.45, 2.75) is 19.1 Å². The van der Waals surface area contributed by atoms with Crippen LogP contribution in [0.5, 0.6) is 0 Å². The van der Waals surface area contributed by atoms with Crippen LogP contribution >= 0.6 is 0 Å². The van der Waals surface area contributed by atoms with Gasteiger partial charge in [0.2, 0.25) is 5.89 Å². The van der Waals surface area contributed by atoms with Crippen molar-refractivity contribution in [3.05, 3.63) is 17.8 Å². The van der Waals surface area contributed by atoms with E-state index in [-0.39, 0.29) is 17.5 Å². The lowest BCUT2D eigenvalue weighted by molar-refractivity contribution is 0.0931. The molecule has 4 N–H and O–H groups in total. The summed E-state index contributed by atoms with van der Waals surface area (Å²) in [6.07, 6.45) is 0.415. The van der Waals surface area contributed by atoms with E-state index < -0.39 is 12.1 Å². The van der Waals surface area contributed by atoms with Crippen molar-refractivity contribution in [2.24, 2.45) is 5.73 Å². The Kier molecular flexibility index (Phi) is 5.08. The second-order valence-electron chi connectivity index (χ2n) is 3.59. The monoisotopic (exact) mass is 243 g/mol. The molecule has 1 aromatic rings. The lowest BCUT2D eigenvalue weighted by Gasteiger charge is -2.09. The number of nitrogens with one attached hydrogen (secondary N) is 1. The van der Waals surface area contributed by atoms with E-state index >= 15 is 0 Å². The summed E-state index contributed by atoms with van der Waals surface area (Å²) in [5, 5.41) is 11.8. The van der Waals surface area contributed by atoms with Crippen molar-refractivity contribution >= 4 is 5.91 Å². The Labute approximate surface area is 99.0 Å². The number of rotatable bonds is 6. The number of oxazole rings is 1. The number of ether oxygens (including phenoxy) is 1. The molecule has 0 saturated carbocycles. The zero-order valence-electron chi connectivity index (χ0n) is 9.84. The average molecular weight is 243 g/mol. The molecule has 0 saturated heterocycles. The minimum Gasteiger partial charge on any atom is -0.446 e. The molecule has 0 radical (unpaired) electrons. The highest BCUT2D eigenvalue weighted by Crippen LogP contribution is 2.13. The lowest BCUT2D eigenvalue weighted by Crippen LogP contribution is -2.28. The van der Waals surface area contributed by atoms with Gasteiger partial charge in [-0.3, -0.25) is 4.79 Å². The van der Waals surface area contributed by atoms with Gasteiger partial charge in [0.05, 0.1) is 12.7 Å². The highest BCUT2D eigenvalue weighted by Gasteiger charge is 2.20. The van der Waals surface area contributed by atoms with Gasteiger partial charge >= 0.3 is 0 Å². The van der Waals surface area contributed by atoms with Crippen molar-refractivity contribution in [2.75, 3.05) is 20.3 Å². The molecule has 0 bridgehead atoms. The smallest absolute Gasteiger partial charge is 0.273 e.